The van der Waals surface area contributed by atoms with E-state index < -0.39 is 24.1 Å². The molecule has 10 heteroatoms. The first kappa shape index (κ1) is 18.5. The van der Waals surface area contributed by atoms with Crippen LogP contribution in [0.3, 0.4) is 0 Å². The zero-order valence-electron chi connectivity index (χ0n) is 15.3. The van der Waals surface area contributed by atoms with Crippen molar-refractivity contribution in [3.05, 3.63) is 29.8 Å². The Morgan fingerprint density at radius 2 is 1.82 bits per heavy atom. The van der Waals surface area contributed by atoms with Crippen LogP contribution in [-0.2, 0) is 20.9 Å². The Labute approximate surface area is 161 Å². The van der Waals surface area contributed by atoms with Crippen molar-refractivity contribution in [1.29, 1.82) is 0 Å². The summed E-state index contributed by atoms with van der Waals surface area (Å²) in [6.45, 7) is 3.46. The van der Waals surface area contributed by atoms with Crippen LogP contribution in [0.15, 0.2) is 24.3 Å². The number of phenols is 1. The van der Waals surface area contributed by atoms with Crippen molar-refractivity contribution in [3.8, 4) is 5.75 Å². The number of fused-ring (bicyclic) bond motifs is 1. The largest absolute Gasteiger partial charge is 0.508 e. The van der Waals surface area contributed by atoms with Gasteiger partial charge < -0.3 is 24.5 Å². The number of hydroxylamine groups is 2. The minimum atomic E-state index is -0.717. The number of piperazine rings is 1. The molecule has 1 atom stereocenters. The van der Waals surface area contributed by atoms with E-state index >= 15 is 0 Å². The lowest BCUT2D eigenvalue weighted by Crippen LogP contribution is -2.52. The molecule has 10 nitrogen and oxygen atoms in total. The fourth-order valence-electron chi connectivity index (χ4n) is 3.59. The summed E-state index contributed by atoms with van der Waals surface area (Å²) in [7, 11) is 0. The molecule has 0 saturated carbocycles. The van der Waals surface area contributed by atoms with Crippen molar-refractivity contribution in [1.82, 2.24) is 19.8 Å². The normalized spacial score (nSPS) is 23.1. The zero-order valence-corrected chi connectivity index (χ0v) is 15.3. The molecular formula is C18H22N4O6. The zero-order chi connectivity index (χ0) is 19.7. The third kappa shape index (κ3) is 3.60. The molecule has 3 heterocycles. The van der Waals surface area contributed by atoms with Gasteiger partial charge >= 0.3 is 12.1 Å². The summed E-state index contributed by atoms with van der Waals surface area (Å²) in [5, 5.41) is 9.97. The SMILES string of the molecule is O=C(ON1C(=O)C2CN(Cc3ccc(O)cc3)CCN2C1=O)N1CCOCC1. The average Bonchev–Trinajstić information content (AvgIpc) is 2.95. The lowest BCUT2D eigenvalue weighted by molar-refractivity contribution is -0.153. The number of carbonyl (C=O) groups is 3. The monoisotopic (exact) mass is 390 g/mol. The highest BCUT2D eigenvalue weighted by atomic mass is 16.7. The predicted molar refractivity (Wildman–Crippen MR) is 95.0 cm³/mol. The van der Waals surface area contributed by atoms with E-state index in [9.17, 15) is 19.5 Å². The van der Waals surface area contributed by atoms with E-state index in [1.807, 2.05) is 12.1 Å². The van der Waals surface area contributed by atoms with Crippen molar-refractivity contribution >= 4 is 18.0 Å². The van der Waals surface area contributed by atoms with E-state index in [0.717, 1.165) is 5.56 Å². The minimum Gasteiger partial charge on any atom is -0.508 e. The standard InChI is InChI=1S/C18H22N4O6/c23-14-3-1-13(2-4-14)11-19-5-6-21-15(12-19)16(24)22(17(21)25)28-18(26)20-7-9-27-10-8-20/h1-4,15,23H,5-12H2. The summed E-state index contributed by atoms with van der Waals surface area (Å²) in [5.74, 6) is -0.329. The van der Waals surface area contributed by atoms with Gasteiger partial charge in [-0.05, 0) is 17.7 Å². The predicted octanol–water partition coefficient (Wildman–Crippen LogP) is 0.224. The van der Waals surface area contributed by atoms with Gasteiger partial charge in [0.2, 0.25) is 0 Å². The number of urea groups is 1. The maximum absolute atomic E-state index is 12.7. The van der Waals surface area contributed by atoms with Crippen LogP contribution in [0.4, 0.5) is 9.59 Å². The van der Waals surface area contributed by atoms with Crippen molar-refractivity contribution in [3.63, 3.8) is 0 Å². The van der Waals surface area contributed by atoms with Gasteiger partial charge in [-0.15, -0.1) is 0 Å². The van der Waals surface area contributed by atoms with Gasteiger partial charge in [-0.1, -0.05) is 17.2 Å². The topological polar surface area (TPSA) is 103 Å². The maximum Gasteiger partial charge on any atom is 0.435 e. The van der Waals surface area contributed by atoms with E-state index in [1.165, 1.54) is 9.80 Å². The number of benzene rings is 1. The second-order valence-electron chi connectivity index (χ2n) is 6.98. The molecular weight excluding hydrogens is 368 g/mol. The van der Waals surface area contributed by atoms with E-state index in [0.29, 0.717) is 57.5 Å². The minimum absolute atomic E-state index is 0.197. The van der Waals surface area contributed by atoms with Crippen molar-refractivity contribution in [2.24, 2.45) is 0 Å². The third-order valence-electron chi connectivity index (χ3n) is 5.15. The Morgan fingerprint density at radius 1 is 1.11 bits per heavy atom. The van der Waals surface area contributed by atoms with Crippen LogP contribution in [0.5, 0.6) is 5.75 Å². The molecule has 1 N–H and O–H groups in total. The van der Waals surface area contributed by atoms with Gasteiger partial charge in [-0.25, -0.2) is 9.59 Å². The Morgan fingerprint density at radius 3 is 2.54 bits per heavy atom. The van der Waals surface area contributed by atoms with Crippen LogP contribution in [0.1, 0.15) is 5.56 Å². The molecule has 4 rings (SSSR count). The number of nitrogens with zero attached hydrogens (tertiary/aromatic N) is 4. The van der Waals surface area contributed by atoms with Gasteiger partial charge in [0.1, 0.15) is 11.8 Å². The van der Waals surface area contributed by atoms with Crippen LogP contribution in [0.2, 0.25) is 0 Å². The van der Waals surface area contributed by atoms with E-state index in [4.69, 9.17) is 9.57 Å². The molecule has 0 aromatic heterocycles. The Bertz CT molecular complexity index is 764. The first-order chi connectivity index (χ1) is 13.5. The highest BCUT2D eigenvalue weighted by Gasteiger charge is 2.50. The average molecular weight is 390 g/mol. The van der Waals surface area contributed by atoms with Gasteiger partial charge in [0.05, 0.1) is 13.2 Å². The molecule has 0 spiro atoms. The molecule has 150 valence electrons. The van der Waals surface area contributed by atoms with Crippen molar-refractivity contribution in [2.45, 2.75) is 12.6 Å². The van der Waals surface area contributed by atoms with E-state index in [1.54, 1.807) is 12.1 Å². The molecule has 0 bridgehead atoms. The molecule has 3 fully saturated rings. The Kier molecular flexibility index (Phi) is 5.05. The molecule has 3 aliphatic heterocycles. The summed E-state index contributed by atoms with van der Waals surface area (Å²) < 4.78 is 5.18. The third-order valence-corrected chi connectivity index (χ3v) is 5.15. The first-order valence-corrected chi connectivity index (χ1v) is 9.22. The van der Waals surface area contributed by atoms with Gasteiger partial charge in [-0.2, -0.15) is 0 Å². The van der Waals surface area contributed by atoms with E-state index in [2.05, 4.69) is 4.90 Å². The molecule has 3 aliphatic rings. The number of imide groups is 1. The number of rotatable bonds is 3. The molecule has 4 amide bonds. The number of amides is 4. The van der Waals surface area contributed by atoms with Crippen LogP contribution in [0.25, 0.3) is 0 Å². The van der Waals surface area contributed by atoms with Crippen LogP contribution in [-0.4, -0.2) is 94.9 Å². The number of carbonyl (C=O) groups excluding carboxylic acids is 3. The molecule has 1 aromatic carbocycles. The van der Waals surface area contributed by atoms with Gasteiger partial charge in [0.15, 0.2) is 0 Å². The number of aromatic hydroxyl groups is 1. The molecule has 3 saturated heterocycles. The molecule has 28 heavy (non-hydrogen) atoms. The highest BCUT2D eigenvalue weighted by Crippen LogP contribution is 2.24. The van der Waals surface area contributed by atoms with Crippen LogP contribution in [0, 0.1) is 0 Å². The number of phenolic OH excluding ortho intramolecular Hbond substituents is 1. The summed E-state index contributed by atoms with van der Waals surface area (Å²) in [6, 6.07) is 5.60. The molecule has 1 aromatic rings. The van der Waals surface area contributed by atoms with Gasteiger partial charge in [0, 0.05) is 39.3 Å². The van der Waals surface area contributed by atoms with Crippen molar-refractivity contribution < 1.29 is 29.1 Å². The number of hydrogen-bond donors (Lipinski definition) is 1. The van der Waals surface area contributed by atoms with Crippen molar-refractivity contribution in [2.75, 3.05) is 45.9 Å². The summed E-state index contributed by atoms with van der Waals surface area (Å²) >= 11 is 0. The number of ether oxygens (including phenoxy) is 1. The summed E-state index contributed by atoms with van der Waals surface area (Å²) in [4.78, 5) is 47.5. The fraction of sp³-hybridized carbons (Fsp3) is 0.500. The van der Waals surface area contributed by atoms with Crippen LogP contribution >= 0.6 is 0 Å². The number of morpholine rings is 1. The second kappa shape index (κ2) is 7.64. The lowest BCUT2D eigenvalue weighted by Gasteiger charge is -2.35. The Balaban J connectivity index is 1.38. The van der Waals surface area contributed by atoms with E-state index in [-0.39, 0.29) is 5.75 Å². The smallest absolute Gasteiger partial charge is 0.435 e. The fourth-order valence-corrected chi connectivity index (χ4v) is 3.59. The molecule has 1 unspecified atom stereocenters. The maximum atomic E-state index is 12.7. The first-order valence-electron chi connectivity index (χ1n) is 9.22. The van der Waals surface area contributed by atoms with Crippen LogP contribution < -0.4 is 0 Å². The quantitative estimate of drug-likeness (QED) is 0.737. The molecule has 0 radical (unpaired) electrons. The second-order valence-corrected chi connectivity index (χ2v) is 6.98. The number of hydrogen-bond acceptors (Lipinski definition) is 7. The summed E-state index contributed by atoms with van der Waals surface area (Å²) in [5.41, 5.74) is 0.999. The molecule has 0 aliphatic carbocycles. The summed E-state index contributed by atoms with van der Waals surface area (Å²) in [6.07, 6.45) is -0.717. The Hall–Kier alpha value is -2.85. The van der Waals surface area contributed by atoms with Gasteiger partial charge in [-0.3, -0.25) is 9.69 Å². The highest BCUT2D eigenvalue weighted by molar-refractivity contribution is 6.04. The van der Waals surface area contributed by atoms with Gasteiger partial charge in [0.25, 0.3) is 5.91 Å². The lowest BCUT2D eigenvalue weighted by atomic mass is 10.1.